The summed E-state index contributed by atoms with van der Waals surface area (Å²) in [4.78, 5) is 19.3. The normalized spacial score (nSPS) is 17.7. The quantitative estimate of drug-likeness (QED) is 0.105. The number of ether oxygens (including phenoxy) is 2. The van der Waals surface area contributed by atoms with Crippen molar-refractivity contribution in [3.05, 3.63) is 141 Å². The number of carbonyl (C=O) groups is 1. The Morgan fingerprint density at radius 2 is 1.80 bits per heavy atom. The molecule has 1 aliphatic rings. The van der Waals surface area contributed by atoms with Gasteiger partial charge in [-0.3, -0.25) is 10.2 Å². The Morgan fingerprint density at radius 1 is 1.02 bits per heavy atom. The highest BCUT2D eigenvalue weighted by Gasteiger charge is 2.53. The molecule has 0 fully saturated rings. The van der Waals surface area contributed by atoms with Gasteiger partial charge in [-0.05, 0) is 53.6 Å². The van der Waals surface area contributed by atoms with Crippen molar-refractivity contribution in [1.29, 1.82) is 0 Å². The zero-order chi connectivity index (χ0) is 30.8. The number of carbonyl (C=O) groups excluding carboxylic acids is 1. The van der Waals surface area contributed by atoms with Crippen molar-refractivity contribution < 1.29 is 19.4 Å². The first kappa shape index (κ1) is 31.5. The highest BCUT2D eigenvalue weighted by atomic mass is 79.9. The molecule has 0 saturated carbocycles. The van der Waals surface area contributed by atoms with Crippen LogP contribution in [0.3, 0.4) is 0 Å². The molecule has 226 valence electrons. The predicted octanol–water partition coefficient (Wildman–Crippen LogP) is 7.05. The molecular formula is C35H33BrClN3O4. The molecule has 2 atom stereocenters. The summed E-state index contributed by atoms with van der Waals surface area (Å²) < 4.78 is 13.1. The number of nitrogens with one attached hydrogen (secondary N) is 2. The Kier molecular flexibility index (Phi) is 10.9. The molecule has 4 aromatic carbocycles. The molecular weight excluding hydrogens is 642 g/mol. The van der Waals surface area contributed by atoms with E-state index in [0.29, 0.717) is 41.8 Å². The first-order valence-corrected chi connectivity index (χ1v) is 15.5. The van der Waals surface area contributed by atoms with E-state index in [9.17, 15) is 4.79 Å². The van der Waals surface area contributed by atoms with E-state index in [2.05, 4.69) is 26.8 Å². The zero-order valence-electron chi connectivity index (χ0n) is 24.0. The van der Waals surface area contributed by atoms with Gasteiger partial charge in [0.25, 0.3) is 5.91 Å². The number of aliphatic hydroxyl groups is 1. The number of nitrogens with zero attached hydrogens (tertiary/aromatic N) is 1. The minimum absolute atomic E-state index is 0.0655. The van der Waals surface area contributed by atoms with E-state index >= 15 is 0 Å². The third kappa shape index (κ3) is 7.76. The van der Waals surface area contributed by atoms with Crippen LogP contribution in [0.25, 0.3) is 6.08 Å². The lowest BCUT2D eigenvalue weighted by atomic mass is 9.84. The molecule has 0 saturated heterocycles. The van der Waals surface area contributed by atoms with Crippen LogP contribution in [0.1, 0.15) is 41.2 Å². The Bertz CT molecular complexity index is 1610. The van der Waals surface area contributed by atoms with Gasteiger partial charge in [-0.1, -0.05) is 100 Å². The lowest BCUT2D eigenvalue weighted by Gasteiger charge is -2.30. The van der Waals surface area contributed by atoms with Gasteiger partial charge in [0.1, 0.15) is 5.75 Å². The van der Waals surface area contributed by atoms with Crippen LogP contribution < -0.4 is 15.6 Å². The summed E-state index contributed by atoms with van der Waals surface area (Å²) in [7, 11) is 0. The van der Waals surface area contributed by atoms with Crippen LogP contribution in [-0.2, 0) is 16.1 Å². The average Bonchev–Trinajstić information content (AvgIpc) is 3.43. The fraction of sp³-hybridized carbons (Fsp3) is 0.200. The average molecular weight is 675 g/mol. The predicted molar refractivity (Wildman–Crippen MR) is 177 cm³/mol. The summed E-state index contributed by atoms with van der Waals surface area (Å²) in [6.45, 7) is 0.851. The molecule has 0 unspecified atom stereocenters. The van der Waals surface area contributed by atoms with Crippen molar-refractivity contribution in [3.63, 3.8) is 0 Å². The van der Waals surface area contributed by atoms with E-state index in [1.165, 1.54) is 0 Å². The molecule has 3 N–H and O–H groups in total. The van der Waals surface area contributed by atoms with Crippen molar-refractivity contribution in [1.82, 2.24) is 10.9 Å². The molecule has 7 nitrogen and oxygen atoms in total. The molecule has 4 aromatic rings. The number of rotatable bonds is 13. The Morgan fingerprint density at radius 3 is 2.55 bits per heavy atom. The van der Waals surface area contributed by atoms with Crippen LogP contribution >= 0.6 is 27.5 Å². The van der Waals surface area contributed by atoms with Crippen molar-refractivity contribution in [2.45, 2.75) is 31.0 Å². The van der Waals surface area contributed by atoms with E-state index in [0.717, 1.165) is 21.2 Å². The minimum Gasteiger partial charge on any atom is -0.494 e. The van der Waals surface area contributed by atoms with Crippen LogP contribution in [0.5, 0.6) is 5.75 Å². The fourth-order valence-corrected chi connectivity index (χ4v) is 5.61. The molecule has 0 spiro atoms. The summed E-state index contributed by atoms with van der Waals surface area (Å²) in [6, 6.07) is 32.4. The van der Waals surface area contributed by atoms with Gasteiger partial charge >= 0.3 is 0 Å². The van der Waals surface area contributed by atoms with Gasteiger partial charge in [0.2, 0.25) is 5.90 Å². The van der Waals surface area contributed by atoms with Crippen LogP contribution in [0.15, 0.2) is 119 Å². The van der Waals surface area contributed by atoms with Crippen molar-refractivity contribution >= 4 is 45.4 Å². The lowest BCUT2D eigenvalue weighted by Crippen LogP contribution is -2.52. The topological polar surface area (TPSA) is 92.2 Å². The number of hydrogen-bond acceptors (Lipinski definition) is 6. The van der Waals surface area contributed by atoms with Gasteiger partial charge in [0, 0.05) is 46.6 Å². The van der Waals surface area contributed by atoms with Gasteiger partial charge in [-0.15, -0.1) is 0 Å². The molecule has 1 amide bonds. The summed E-state index contributed by atoms with van der Waals surface area (Å²) in [6.07, 6.45) is 4.03. The maximum absolute atomic E-state index is 14.3. The van der Waals surface area contributed by atoms with E-state index in [1.807, 2.05) is 109 Å². The number of hydrazine groups is 1. The van der Waals surface area contributed by atoms with Gasteiger partial charge in [-0.25, -0.2) is 10.4 Å². The van der Waals surface area contributed by atoms with E-state index in [4.69, 9.17) is 31.2 Å². The van der Waals surface area contributed by atoms with Crippen molar-refractivity contribution in [2.24, 2.45) is 4.99 Å². The van der Waals surface area contributed by atoms with Crippen LogP contribution in [0.4, 0.5) is 0 Å². The number of amides is 1. The summed E-state index contributed by atoms with van der Waals surface area (Å²) >= 11 is 9.83. The molecule has 0 bridgehead atoms. The number of halogens is 2. The Hall–Kier alpha value is -3.95. The van der Waals surface area contributed by atoms with E-state index in [1.54, 1.807) is 6.07 Å². The Labute approximate surface area is 270 Å². The van der Waals surface area contributed by atoms with E-state index < -0.39 is 11.6 Å². The number of hydrogen-bond donors (Lipinski definition) is 3. The number of aliphatic imine (C=N–C) groups is 1. The third-order valence-electron chi connectivity index (χ3n) is 7.14. The van der Waals surface area contributed by atoms with Gasteiger partial charge in [0.05, 0.1) is 6.61 Å². The summed E-state index contributed by atoms with van der Waals surface area (Å²) in [5.74, 6) is 0.686. The first-order valence-electron chi connectivity index (χ1n) is 14.3. The maximum atomic E-state index is 14.3. The highest BCUT2D eigenvalue weighted by Crippen LogP contribution is 2.45. The fourth-order valence-electron chi connectivity index (χ4n) is 4.90. The Balaban J connectivity index is 1.49. The monoisotopic (exact) mass is 673 g/mol. The van der Waals surface area contributed by atoms with Crippen molar-refractivity contribution in [2.75, 3.05) is 13.2 Å². The molecule has 1 heterocycles. The van der Waals surface area contributed by atoms with Crippen molar-refractivity contribution in [3.8, 4) is 5.75 Å². The lowest BCUT2D eigenvalue weighted by molar-refractivity contribution is -0.129. The molecule has 44 heavy (non-hydrogen) atoms. The number of benzene rings is 4. The van der Waals surface area contributed by atoms with Crippen LogP contribution in [0, 0.1) is 0 Å². The molecule has 5 rings (SSSR count). The zero-order valence-corrected chi connectivity index (χ0v) is 26.3. The second kappa shape index (κ2) is 15.2. The maximum Gasteiger partial charge on any atom is 0.266 e. The summed E-state index contributed by atoms with van der Waals surface area (Å²) in [5, 5.41) is 9.67. The molecule has 9 heteroatoms. The molecule has 0 radical (unpaired) electrons. The van der Waals surface area contributed by atoms with Gasteiger partial charge in [-0.2, -0.15) is 0 Å². The number of aliphatic hydroxyl groups excluding tert-OH is 1. The minimum atomic E-state index is -1.35. The standard InChI is InChI=1S/C35H33BrClN3O4/c36-31-15-5-4-14-30(31)32-35(20-7-12-25-9-2-1-3-10-25,34(42)40-38-24-26-11-6-13-28(37)23-26)39-33(44-32)27-16-18-29(19-17-27)43-22-8-21-41/h1-7,9-19,23,32,38,41H,8,20-22,24H2,(H,40,42)/b12-7+/t32-,35-/m0/s1. The van der Waals surface area contributed by atoms with Crippen LogP contribution in [-0.4, -0.2) is 35.7 Å². The molecule has 0 aromatic heterocycles. The van der Waals surface area contributed by atoms with Gasteiger partial charge in [0.15, 0.2) is 11.6 Å². The molecule has 1 aliphatic heterocycles. The summed E-state index contributed by atoms with van der Waals surface area (Å²) in [5.41, 5.74) is 8.06. The van der Waals surface area contributed by atoms with E-state index in [-0.39, 0.29) is 18.9 Å². The second-order valence-electron chi connectivity index (χ2n) is 10.3. The second-order valence-corrected chi connectivity index (χ2v) is 11.6. The first-order chi connectivity index (χ1) is 21.5. The SMILES string of the molecule is O=C(NNCc1cccc(Cl)c1)[C@@]1(C/C=C/c2ccccc2)N=C(c2ccc(OCCCO)cc2)O[C@H]1c1ccccc1Br. The van der Waals surface area contributed by atoms with Crippen LogP contribution in [0.2, 0.25) is 5.02 Å². The smallest absolute Gasteiger partial charge is 0.266 e. The largest absolute Gasteiger partial charge is 0.494 e. The third-order valence-corrected chi connectivity index (χ3v) is 8.10. The highest BCUT2D eigenvalue weighted by molar-refractivity contribution is 9.10. The van der Waals surface area contributed by atoms with Gasteiger partial charge < -0.3 is 14.6 Å². The molecule has 0 aliphatic carbocycles.